The summed E-state index contributed by atoms with van der Waals surface area (Å²) in [6.07, 6.45) is 0.416. The lowest BCUT2D eigenvalue weighted by Gasteiger charge is -2.08. The maximum atomic E-state index is 11.0. The molecule has 1 atom stereocenters. The first-order valence-corrected chi connectivity index (χ1v) is 5.86. The van der Waals surface area contributed by atoms with Crippen molar-refractivity contribution in [3.05, 3.63) is 29.8 Å². The van der Waals surface area contributed by atoms with Crippen molar-refractivity contribution in [2.45, 2.75) is 18.6 Å². The summed E-state index contributed by atoms with van der Waals surface area (Å²) in [6.45, 7) is 1.59. The van der Waals surface area contributed by atoms with E-state index in [0.29, 0.717) is 12.1 Å². The quantitative estimate of drug-likeness (QED) is 0.718. The first-order valence-electron chi connectivity index (χ1n) is 4.25. The molecule has 0 heterocycles. The summed E-state index contributed by atoms with van der Waals surface area (Å²) in [5.74, 6) is 0. The van der Waals surface area contributed by atoms with E-state index in [1.807, 2.05) is 0 Å². The molecule has 1 rings (SSSR count). The normalized spacial score (nSPS) is 13.9. The smallest absolute Gasteiger partial charge is 0.212 e. The number of hydrogen-bond acceptors (Lipinski definition) is 3. The van der Waals surface area contributed by atoms with Gasteiger partial charge in [0.1, 0.15) is 0 Å². The molecule has 0 bridgehead atoms. The van der Waals surface area contributed by atoms with Gasteiger partial charge in [0.15, 0.2) is 0 Å². The molecule has 14 heavy (non-hydrogen) atoms. The first kappa shape index (κ1) is 11.0. The molecular formula is C9H14N2O2S. The lowest BCUT2D eigenvalue weighted by atomic mass is 10.1. The highest BCUT2D eigenvalue weighted by molar-refractivity contribution is 7.89. The molecule has 0 aliphatic carbocycles. The molecule has 0 aliphatic rings. The number of benzene rings is 1. The van der Waals surface area contributed by atoms with Gasteiger partial charge in [0.05, 0.1) is 5.25 Å². The molecule has 1 aromatic carbocycles. The molecule has 0 fully saturated rings. The fraction of sp³-hybridized carbons (Fsp3) is 0.333. The summed E-state index contributed by atoms with van der Waals surface area (Å²) in [6, 6.07) is 7.09. The Labute approximate surface area is 84.0 Å². The number of primary sulfonamides is 1. The van der Waals surface area contributed by atoms with E-state index in [9.17, 15) is 8.42 Å². The second-order valence-corrected chi connectivity index (χ2v) is 5.33. The molecule has 1 unspecified atom stereocenters. The van der Waals surface area contributed by atoms with Crippen molar-refractivity contribution in [1.29, 1.82) is 0 Å². The molecule has 0 spiro atoms. The molecule has 5 heteroatoms. The van der Waals surface area contributed by atoms with Gasteiger partial charge in [0.25, 0.3) is 0 Å². The maximum Gasteiger partial charge on any atom is 0.212 e. The fourth-order valence-corrected chi connectivity index (χ4v) is 1.53. The van der Waals surface area contributed by atoms with Crippen LogP contribution in [0.1, 0.15) is 12.5 Å². The zero-order chi connectivity index (χ0) is 10.8. The zero-order valence-corrected chi connectivity index (χ0v) is 8.79. The van der Waals surface area contributed by atoms with E-state index in [1.165, 1.54) is 0 Å². The van der Waals surface area contributed by atoms with E-state index < -0.39 is 15.3 Å². The highest BCUT2D eigenvalue weighted by Gasteiger charge is 2.15. The monoisotopic (exact) mass is 214 g/mol. The Morgan fingerprint density at radius 3 is 2.21 bits per heavy atom. The Morgan fingerprint density at radius 1 is 1.29 bits per heavy atom. The van der Waals surface area contributed by atoms with Gasteiger partial charge >= 0.3 is 0 Å². The number of nitrogen functional groups attached to an aromatic ring is 1. The largest absolute Gasteiger partial charge is 0.399 e. The average molecular weight is 214 g/mol. The molecule has 4 nitrogen and oxygen atoms in total. The minimum atomic E-state index is -3.44. The third-order valence-corrected chi connectivity index (χ3v) is 3.35. The molecule has 0 aliphatic heterocycles. The minimum Gasteiger partial charge on any atom is -0.399 e. The van der Waals surface area contributed by atoms with Crippen LogP contribution in [-0.2, 0) is 16.4 Å². The van der Waals surface area contributed by atoms with Gasteiger partial charge in [-0.3, -0.25) is 0 Å². The topological polar surface area (TPSA) is 86.2 Å². The van der Waals surface area contributed by atoms with Crippen molar-refractivity contribution in [3.8, 4) is 0 Å². The van der Waals surface area contributed by atoms with Crippen LogP contribution in [0, 0.1) is 0 Å². The summed E-state index contributed by atoms with van der Waals surface area (Å²) < 4.78 is 21.9. The maximum absolute atomic E-state index is 11.0. The molecule has 0 aromatic heterocycles. The van der Waals surface area contributed by atoms with E-state index in [2.05, 4.69) is 0 Å². The van der Waals surface area contributed by atoms with Crippen LogP contribution in [-0.4, -0.2) is 13.7 Å². The van der Waals surface area contributed by atoms with Crippen LogP contribution in [0.3, 0.4) is 0 Å². The van der Waals surface area contributed by atoms with Gasteiger partial charge in [0, 0.05) is 5.69 Å². The summed E-state index contributed by atoms with van der Waals surface area (Å²) in [5, 5.41) is 4.44. The Bertz CT molecular complexity index is 397. The van der Waals surface area contributed by atoms with Crippen LogP contribution < -0.4 is 10.9 Å². The second-order valence-electron chi connectivity index (χ2n) is 3.35. The summed E-state index contributed by atoms with van der Waals surface area (Å²) in [4.78, 5) is 0. The molecule has 0 amide bonds. The van der Waals surface area contributed by atoms with Crippen molar-refractivity contribution in [2.24, 2.45) is 5.14 Å². The van der Waals surface area contributed by atoms with E-state index in [-0.39, 0.29) is 0 Å². The van der Waals surface area contributed by atoms with E-state index in [4.69, 9.17) is 10.9 Å². The number of rotatable bonds is 3. The summed E-state index contributed by atoms with van der Waals surface area (Å²) >= 11 is 0. The number of sulfonamides is 1. The lowest BCUT2D eigenvalue weighted by molar-refractivity contribution is 0.584. The number of nitrogens with two attached hydrogens (primary N) is 2. The van der Waals surface area contributed by atoms with E-state index >= 15 is 0 Å². The first-order chi connectivity index (χ1) is 6.39. The van der Waals surface area contributed by atoms with Gasteiger partial charge in [-0.15, -0.1) is 0 Å². The van der Waals surface area contributed by atoms with Crippen molar-refractivity contribution < 1.29 is 8.42 Å². The zero-order valence-electron chi connectivity index (χ0n) is 7.97. The van der Waals surface area contributed by atoms with E-state index in [1.54, 1.807) is 31.2 Å². The third-order valence-electron chi connectivity index (χ3n) is 2.06. The minimum absolute atomic E-state index is 0.416. The Morgan fingerprint density at radius 2 is 1.79 bits per heavy atom. The number of hydrogen-bond donors (Lipinski definition) is 2. The molecule has 0 radical (unpaired) electrons. The van der Waals surface area contributed by atoms with Crippen LogP contribution in [0.4, 0.5) is 5.69 Å². The third kappa shape index (κ3) is 3.01. The van der Waals surface area contributed by atoms with Crippen molar-refractivity contribution in [1.82, 2.24) is 0 Å². The molecule has 1 aromatic rings. The average Bonchev–Trinajstić information content (AvgIpc) is 2.07. The SMILES string of the molecule is CC(Cc1ccc(N)cc1)S(N)(=O)=O. The molecule has 4 N–H and O–H groups in total. The highest BCUT2D eigenvalue weighted by atomic mass is 32.2. The summed E-state index contributed by atoms with van der Waals surface area (Å²) in [7, 11) is -3.44. The van der Waals surface area contributed by atoms with Crippen molar-refractivity contribution in [3.63, 3.8) is 0 Å². The van der Waals surface area contributed by atoms with Crippen LogP contribution in [0.25, 0.3) is 0 Å². The van der Waals surface area contributed by atoms with Gasteiger partial charge in [-0.1, -0.05) is 12.1 Å². The Balaban J connectivity index is 2.75. The van der Waals surface area contributed by atoms with E-state index in [0.717, 1.165) is 5.56 Å². The van der Waals surface area contributed by atoms with Crippen LogP contribution in [0.15, 0.2) is 24.3 Å². The Kier molecular flexibility index (Phi) is 3.13. The van der Waals surface area contributed by atoms with Crippen LogP contribution >= 0.6 is 0 Å². The molecule has 78 valence electrons. The van der Waals surface area contributed by atoms with Gasteiger partial charge in [-0.05, 0) is 31.0 Å². The fourth-order valence-electron chi connectivity index (χ4n) is 1.10. The second kappa shape index (κ2) is 3.98. The lowest BCUT2D eigenvalue weighted by Crippen LogP contribution is -2.27. The molecule has 0 saturated heterocycles. The predicted molar refractivity (Wildman–Crippen MR) is 57.1 cm³/mol. The van der Waals surface area contributed by atoms with Gasteiger partial charge in [-0.2, -0.15) is 0 Å². The highest BCUT2D eigenvalue weighted by Crippen LogP contribution is 2.10. The molecule has 0 saturated carbocycles. The van der Waals surface area contributed by atoms with Crippen molar-refractivity contribution in [2.75, 3.05) is 5.73 Å². The summed E-state index contributed by atoms with van der Waals surface area (Å²) in [5.41, 5.74) is 7.08. The standard InChI is InChI=1S/C9H14N2O2S/c1-7(14(11,12)13)6-8-2-4-9(10)5-3-8/h2-5,7H,6,10H2,1H3,(H2,11,12,13). The predicted octanol–water partition coefficient (Wildman–Crippen LogP) is 0.488. The van der Waals surface area contributed by atoms with Gasteiger partial charge in [-0.25, -0.2) is 13.6 Å². The molecular weight excluding hydrogens is 200 g/mol. The number of anilines is 1. The van der Waals surface area contributed by atoms with Gasteiger partial charge < -0.3 is 5.73 Å². The van der Waals surface area contributed by atoms with Crippen molar-refractivity contribution >= 4 is 15.7 Å². The van der Waals surface area contributed by atoms with Gasteiger partial charge in [0.2, 0.25) is 10.0 Å². The Hall–Kier alpha value is -1.07. The van der Waals surface area contributed by atoms with Crippen LogP contribution in [0.5, 0.6) is 0 Å². The van der Waals surface area contributed by atoms with Crippen LogP contribution in [0.2, 0.25) is 0 Å².